The van der Waals surface area contributed by atoms with Gasteiger partial charge in [0, 0.05) is 50.8 Å². The first-order valence-corrected chi connectivity index (χ1v) is 7.92. The van der Waals surface area contributed by atoms with Crippen molar-refractivity contribution in [2.75, 3.05) is 31.5 Å². The molecule has 1 saturated heterocycles. The molecule has 2 heterocycles. The number of carbonyl (C=O) groups excluding carboxylic acids is 1. The molecular weight excluding hydrogens is 302 g/mol. The number of nitriles is 1. The Hall–Kier alpha value is -2.91. The van der Waals surface area contributed by atoms with Gasteiger partial charge in [-0.1, -0.05) is 6.07 Å². The first kappa shape index (κ1) is 16.0. The fourth-order valence-electron chi connectivity index (χ4n) is 2.69. The summed E-state index contributed by atoms with van der Waals surface area (Å²) in [6.45, 7) is 3.94. The predicted octanol–water partition coefficient (Wildman–Crippen LogP) is 2.30. The number of benzene rings is 1. The summed E-state index contributed by atoms with van der Waals surface area (Å²) in [5.74, 6) is 0. The normalized spacial score (nSPS) is 14.9. The molecule has 6 nitrogen and oxygen atoms in total. The molecule has 0 spiro atoms. The molecule has 6 heteroatoms. The first-order chi connectivity index (χ1) is 11.7. The molecule has 0 aliphatic carbocycles. The minimum absolute atomic E-state index is 0.0965. The molecule has 2 aromatic rings. The number of carbonyl (C=O) groups is 1. The molecule has 0 saturated carbocycles. The van der Waals surface area contributed by atoms with Crippen LogP contribution in [0.4, 0.5) is 10.5 Å². The van der Waals surface area contributed by atoms with Crippen LogP contribution in [-0.2, 0) is 6.54 Å². The quantitative estimate of drug-likeness (QED) is 0.941. The maximum atomic E-state index is 12.3. The van der Waals surface area contributed by atoms with E-state index in [0.717, 1.165) is 19.6 Å². The van der Waals surface area contributed by atoms with Crippen molar-refractivity contribution >= 4 is 11.7 Å². The zero-order chi connectivity index (χ0) is 16.8. The highest BCUT2D eigenvalue weighted by atomic mass is 16.2. The van der Waals surface area contributed by atoms with Crippen LogP contribution >= 0.6 is 0 Å². The van der Waals surface area contributed by atoms with Crippen molar-refractivity contribution in [3.8, 4) is 6.07 Å². The third kappa shape index (κ3) is 4.09. The largest absolute Gasteiger partial charge is 0.322 e. The summed E-state index contributed by atoms with van der Waals surface area (Å²) in [5.41, 5.74) is 2.47. The van der Waals surface area contributed by atoms with E-state index in [-0.39, 0.29) is 6.03 Å². The van der Waals surface area contributed by atoms with E-state index in [1.165, 1.54) is 5.56 Å². The number of rotatable bonds is 3. The molecule has 1 aliphatic heterocycles. The molecule has 0 atom stereocenters. The van der Waals surface area contributed by atoms with Gasteiger partial charge in [-0.15, -0.1) is 0 Å². The van der Waals surface area contributed by atoms with Gasteiger partial charge in [0.15, 0.2) is 0 Å². The van der Waals surface area contributed by atoms with Gasteiger partial charge < -0.3 is 10.2 Å². The van der Waals surface area contributed by atoms with Crippen LogP contribution in [0, 0.1) is 11.3 Å². The Morgan fingerprint density at radius 2 is 1.92 bits per heavy atom. The van der Waals surface area contributed by atoms with Gasteiger partial charge in [0.05, 0.1) is 11.6 Å². The number of urea groups is 1. The van der Waals surface area contributed by atoms with Crippen molar-refractivity contribution in [3.63, 3.8) is 0 Å². The fraction of sp³-hybridized carbons (Fsp3) is 0.278. The number of amides is 2. The van der Waals surface area contributed by atoms with Gasteiger partial charge in [0.1, 0.15) is 0 Å². The topological polar surface area (TPSA) is 72.3 Å². The van der Waals surface area contributed by atoms with Crippen LogP contribution < -0.4 is 5.32 Å². The molecule has 1 aliphatic rings. The van der Waals surface area contributed by atoms with Crippen LogP contribution in [0.25, 0.3) is 0 Å². The van der Waals surface area contributed by atoms with Gasteiger partial charge in [0.25, 0.3) is 0 Å². The second-order valence-electron chi connectivity index (χ2n) is 5.74. The van der Waals surface area contributed by atoms with Gasteiger partial charge in [-0.05, 0) is 35.9 Å². The average Bonchev–Trinajstić information content (AvgIpc) is 2.64. The number of piperazine rings is 1. The average molecular weight is 321 g/mol. The zero-order valence-corrected chi connectivity index (χ0v) is 13.4. The van der Waals surface area contributed by atoms with E-state index in [2.05, 4.69) is 27.3 Å². The summed E-state index contributed by atoms with van der Waals surface area (Å²) in [7, 11) is 0. The predicted molar refractivity (Wildman–Crippen MR) is 91.3 cm³/mol. The summed E-state index contributed by atoms with van der Waals surface area (Å²) < 4.78 is 0. The Morgan fingerprint density at radius 3 is 2.54 bits per heavy atom. The van der Waals surface area contributed by atoms with Gasteiger partial charge >= 0.3 is 6.03 Å². The zero-order valence-electron chi connectivity index (χ0n) is 13.4. The molecule has 0 radical (unpaired) electrons. The van der Waals surface area contributed by atoms with E-state index in [9.17, 15) is 4.79 Å². The lowest BCUT2D eigenvalue weighted by Crippen LogP contribution is -2.49. The number of hydrogen-bond acceptors (Lipinski definition) is 4. The van der Waals surface area contributed by atoms with Crippen molar-refractivity contribution in [2.24, 2.45) is 0 Å². The van der Waals surface area contributed by atoms with Crippen LogP contribution in [0.15, 0.2) is 48.8 Å². The van der Waals surface area contributed by atoms with Crippen LogP contribution in [-0.4, -0.2) is 47.0 Å². The Bertz CT molecular complexity index is 715. The highest BCUT2D eigenvalue weighted by molar-refractivity contribution is 5.89. The van der Waals surface area contributed by atoms with Crippen LogP contribution in [0.5, 0.6) is 0 Å². The van der Waals surface area contributed by atoms with Crippen molar-refractivity contribution in [3.05, 3.63) is 59.9 Å². The van der Waals surface area contributed by atoms with Crippen molar-refractivity contribution < 1.29 is 4.79 Å². The van der Waals surface area contributed by atoms with E-state index in [1.54, 1.807) is 30.5 Å². The third-order valence-corrected chi connectivity index (χ3v) is 4.05. The lowest BCUT2D eigenvalue weighted by atomic mass is 10.2. The monoisotopic (exact) mass is 321 g/mol. The fourth-order valence-corrected chi connectivity index (χ4v) is 2.69. The number of aromatic nitrogens is 1. The Balaban J connectivity index is 1.48. The van der Waals surface area contributed by atoms with E-state index in [0.29, 0.717) is 24.3 Å². The van der Waals surface area contributed by atoms with E-state index in [4.69, 9.17) is 5.26 Å². The molecule has 1 N–H and O–H groups in total. The van der Waals surface area contributed by atoms with Gasteiger partial charge in [-0.25, -0.2) is 4.79 Å². The summed E-state index contributed by atoms with van der Waals surface area (Å²) in [4.78, 5) is 20.6. The molecule has 2 amide bonds. The van der Waals surface area contributed by atoms with E-state index >= 15 is 0 Å². The number of hydrogen-bond donors (Lipinski definition) is 1. The highest BCUT2D eigenvalue weighted by Crippen LogP contribution is 2.12. The molecule has 0 unspecified atom stereocenters. The minimum atomic E-state index is -0.0965. The van der Waals surface area contributed by atoms with Crippen molar-refractivity contribution in [1.82, 2.24) is 14.8 Å². The van der Waals surface area contributed by atoms with Crippen LogP contribution in [0.3, 0.4) is 0 Å². The molecule has 122 valence electrons. The number of anilines is 1. The van der Waals surface area contributed by atoms with Gasteiger partial charge in [0.2, 0.25) is 0 Å². The molecular formula is C18H19N5O. The van der Waals surface area contributed by atoms with Gasteiger partial charge in [-0.2, -0.15) is 5.26 Å². The SMILES string of the molecule is N#Cc1ccc(NC(=O)N2CCN(Cc3cccnc3)CC2)cc1. The molecule has 24 heavy (non-hydrogen) atoms. The lowest BCUT2D eigenvalue weighted by molar-refractivity contribution is 0.143. The maximum absolute atomic E-state index is 12.3. The maximum Gasteiger partial charge on any atom is 0.321 e. The molecule has 1 aromatic heterocycles. The molecule has 3 rings (SSSR count). The van der Waals surface area contributed by atoms with Crippen molar-refractivity contribution in [2.45, 2.75) is 6.54 Å². The standard InChI is InChI=1S/C18H19N5O/c19-12-15-3-5-17(6-4-15)21-18(24)23-10-8-22(9-11-23)14-16-2-1-7-20-13-16/h1-7,13H,8-11,14H2,(H,21,24). The lowest BCUT2D eigenvalue weighted by Gasteiger charge is -2.34. The Labute approximate surface area is 141 Å². The van der Waals surface area contributed by atoms with Gasteiger partial charge in [-0.3, -0.25) is 9.88 Å². The smallest absolute Gasteiger partial charge is 0.321 e. The summed E-state index contributed by atoms with van der Waals surface area (Å²) in [5, 5.41) is 11.7. The third-order valence-electron chi connectivity index (χ3n) is 4.05. The molecule has 1 aromatic carbocycles. The second-order valence-corrected chi connectivity index (χ2v) is 5.74. The minimum Gasteiger partial charge on any atom is -0.322 e. The highest BCUT2D eigenvalue weighted by Gasteiger charge is 2.21. The molecule has 1 fully saturated rings. The summed E-state index contributed by atoms with van der Waals surface area (Å²) in [6.07, 6.45) is 3.65. The summed E-state index contributed by atoms with van der Waals surface area (Å²) in [6, 6.07) is 12.9. The first-order valence-electron chi connectivity index (χ1n) is 7.92. The molecule has 0 bridgehead atoms. The number of nitrogens with one attached hydrogen (secondary N) is 1. The summed E-state index contributed by atoms with van der Waals surface area (Å²) >= 11 is 0. The van der Waals surface area contributed by atoms with Crippen molar-refractivity contribution in [1.29, 1.82) is 5.26 Å². The van der Waals surface area contributed by atoms with E-state index in [1.807, 2.05) is 17.2 Å². The Morgan fingerprint density at radius 1 is 1.17 bits per heavy atom. The Kier molecular flexibility index (Phi) is 5.04. The van der Waals surface area contributed by atoms with E-state index < -0.39 is 0 Å². The second kappa shape index (κ2) is 7.57. The van der Waals surface area contributed by atoms with Crippen LogP contribution in [0.1, 0.15) is 11.1 Å². The number of nitrogens with zero attached hydrogens (tertiary/aromatic N) is 4. The van der Waals surface area contributed by atoms with Crippen LogP contribution in [0.2, 0.25) is 0 Å². The number of pyridine rings is 1.